The summed E-state index contributed by atoms with van der Waals surface area (Å²) in [6.07, 6.45) is 0. The van der Waals surface area contributed by atoms with Crippen molar-refractivity contribution in [2.45, 2.75) is 33.9 Å². The van der Waals surface area contributed by atoms with Gasteiger partial charge < -0.3 is 9.47 Å². The van der Waals surface area contributed by atoms with Crippen molar-refractivity contribution in [1.82, 2.24) is 9.47 Å². The van der Waals surface area contributed by atoms with Crippen molar-refractivity contribution in [3.05, 3.63) is 36.0 Å². The lowest BCUT2D eigenvalue weighted by Gasteiger charge is -2.33. The van der Waals surface area contributed by atoms with Crippen molar-refractivity contribution >= 4 is 16.8 Å². The molecule has 0 atom stereocenters. The lowest BCUT2D eigenvalue weighted by atomic mass is 9.94. The van der Waals surface area contributed by atoms with E-state index in [2.05, 4.69) is 34.9 Å². The van der Waals surface area contributed by atoms with Gasteiger partial charge in [0.15, 0.2) is 0 Å². The zero-order valence-electron chi connectivity index (χ0n) is 11.8. The minimum absolute atomic E-state index is 0.240. The molecule has 3 heteroatoms. The molecular weight excluding hydrogens is 236 g/mol. The van der Waals surface area contributed by atoms with Gasteiger partial charge in [0.2, 0.25) is 5.91 Å². The van der Waals surface area contributed by atoms with Crippen molar-refractivity contribution in [1.29, 1.82) is 0 Å². The Morgan fingerprint density at radius 3 is 2.63 bits per heavy atom. The van der Waals surface area contributed by atoms with Crippen LogP contribution in [0.5, 0.6) is 0 Å². The molecule has 0 fully saturated rings. The second kappa shape index (κ2) is 4.12. The monoisotopic (exact) mass is 256 g/mol. The van der Waals surface area contributed by atoms with Crippen LogP contribution in [0.15, 0.2) is 30.3 Å². The largest absolute Gasteiger partial charge is 0.341 e. The molecule has 19 heavy (non-hydrogen) atoms. The van der Waals surface area contributed by atoms with Crippen LogP contribution in [0.25, 0.3) is 10.9 Å². The molecule has 2 aromatic rings. The van der Waals surface area contributed by atoms with Gasteiger partial charge in [-0.3, -0.25) is 4.79 Å². The number of hydrogen-bond acceptors (Lipinski definition) is 1. The predicted octanol–water partition coefficient (Wildman–Crippen LogP) is 3.03. The minimum atomic E-state index is -0.297. The maximum atomic E-state index is 12.4. The van der Waals surface area contributed by atoms with E-state index >= 15 is 0 Å². The molecule has 0 saturated heterocycles. The second-order valence-electron chi connectivity index (χ2n) is 6.32. The number of aromatic nitrogens is 1. The van der Waals surface area contributed by atoms with Crippen LogP contribution in [0.3, 0.4) is 0 Å². The molecule has 0 bridgehead atoms. The zero-order valence-corrected chi connectivity index (χ0v) is 11.8. The summed E-state index contributed by atoms with van der Waals surface area (Å²) in [6, 6.07) is 10.6. The van der Waals surface area contributed by atoms with Gasteiger partial charge in [-0.15, -0.1) is 0 Å². The van der Waals surface area contributed by atoms with E-state index in [1.165, 1.54) is 16.6 Å². The normalized spacial score (nSPS) is 15.6. The number of nitrogens with zero attached hydrogens (tertiary/aromatic N) is 2. The Hall–Kier alpha value is -1.77. The third-order valence-electron chi connectivity index (χ3n) is 3.77. The molecule has 0 saturated carbocycles. The average molecular weight is 256 g/mol. The Bertz CT molecular complexity index is 634. The highest BCUT2D eigenvalue weighted by Crippen LogP contribution is 2.26. The fourth-order valence-corrected chi connectivity index (χ4v) is 2.81. The maximum absolute atomic E-state index is 12.4. The zero-order chi connectivity index (χ0) is 13.6. The third-order valence-corrected chi connectivity index (χ3v) is 3.77. The van der Waals surface area contributed by atoms with Crippen LogP contribution in [0.2, 0.25) is 0 Å². The van der Waals surface area contributed by atoms with E-state index in [0.29, 0.717) is 0 Å². The molecule has 0 spiro atoms. The first-order valence-corrected chi connectivity index (χ1v) is 6.83. The molecule has 0 unspecified atom stereocenters. The Kier molecular flexibility index (Phi) is 2.66. The lowest BCUT2D eigenvalue weighted by molar-refractivity contribution is -0.140. The first kappa shape index (κ1) is 12.3. The van der Waals surface area contributed by atoms with E-state index in [0.717, 1.165) is 19.6 Å². The first-order valence-electron chi connectivity index (χ1n) is 6.83. The molecule has 1 aromatic heterocycles. The second-order valence-corrected chi connectivity index (χ2v) is 6.32. The van der Waals surface area contributed by atoms with Gasteiger partial charge in [0, 0.05) is 29.7 Å². The molecule has 3 nitrogen and oxygen atoms in total. The topological polar surface area (TPSA) is 25.2 Å². The third kappa shape index (κ3) is 2.03. The molecular formula is C16H20N2O. The number of fused-ring (bicyclic) bond motifs is 3. The van der Waals surface area contributed by atoms with Gasteiger partial charge in [0.05, 0.1) is 6.54 Å². The molecule has 3 rings (SSSR count). The van der Waals surface area contributed by atoms with Gasteiger partial charge in [-0.2, -0.15) is 0 Å². The molecule has 1 aliphatic heterocycles. The summed E-state index contributed by atoms with van der Waals surface area (Å²) in [4.78, 5) is 14.3. The van der Waals surface area contributed by atoms with Crippen molar-refractivity contribution < 1.29 is 4.79 Å². The fraction of sp³-hybridized carbons (Fsp3) is 0.438. The minimum Gasteiger partial charge on any atom is -0.341 e. The maximum Gasteiger partial charge on any atom is 0.228 e. The van der Waals surface area contributed by atoms with Gasteiger partial charge in [-0.25, -0.2) is 0 Å². The summed E-state index contributed by atoms with van der Waals surface area (Å²) >= 11 is 0. The number of benzene rings is 1. The highest BCUT2D eigenvalue weighted by atomic mass is 16.2. The van der Waals surface area contributed by atoms with E-state index in [1.54, 1.807) is 0 Å². The summed E-state index contributed by atoms with van der Waals surface area (Å²) in [7, 11) is 0. The highest BCUT2D eigenvalue weighted by molar-refractivity contribution is 5.83. The van der Waals surface area contributed by atoms with Crippen LogP contribution < -0.4 is 0 Å². The van der Waals surface area contributed by atoms with Crippen molar-refractivity contribution in [2.75, 3.05) is 6.54 Å². The Morgan fingerprint density at radius 2 is 1.89 bits per heavy atom. The van der Waals surface area contributed by atoms with E-state index in [9.17, 15) is 4.79 Å². The molecule has 0 radical (unpaired) electrons. The Labute approximate surface area is 113 Å². The molecule has 100 valence electrons. The highest BCUT2D eigenvalue weighted by Gasteiger charge is 2.30. The molecule has 0 aliphatic carbocycles. The van der Waals surface area contributed by atoms with Crippen LogP contribution in [-0.4, -0.2) is 21.9 Å². The molecule has 1 amide bonds. The van der Waals surface area contributed by atoms with E-state index in [-0.39, 0.29) is 11.3 Å². The summed E-state index contributed by atoms with van der Waals surface area (Å²) in [5, 5.41) is 1.27. The SMILES string of the molecule is CC(C)(C)C(=O)N1CCn2c(cc3ccccc32)C1. The van der Waals surface area contributed by atoms with Crippen LogP contribution in [0.1, 0.15) is 26.5 Å². The first-order chi connectivity index (χ1) is 8.97. The fourth-order valence-electron chi connectivity index (χ4n) is 2.81. The summed E-state index contributed by atoms with van der Waals surface area (Å²) in [5.41, 5.74) is 2.22. The number of rotatable bonds is 0. The van der Waals surface area contributed by atoms with Crippen LogP contribution in [0.4, 0.5) is 0 Å². The number of hydrogen-bond donors (Lipinski definition) is 0. The van der Waals surface area contributed by atoms with Crippen molar-refractivity contribution in [3.8, 4) is 0 Å². The summed E-state index contributed by atoms with van der Waals surface area (Å²) < 4.78 is 2.34. The predicted molar refractivity (Wildman–Crippen MR) is 76.8 cm³/mol. The quantitative estimate of drug-likeness (QED) is 0.711. The number of carbonyl (C=O) groups excluding carboxylic acids is 1. The summed E-state index contributed by atoms with van der Waals surface area (Å²) in [6.45, 7) is 8.38. The molecule has 0 N–H and O–H groups in total. The van der Waals surface area contributed by atoms with E-state index in [4.69, 9.17) is 0 Å². The van der Waals surface area contributed by atoms with Gasteiger partial charge in [-0.05, 0) is 17.5 Å². The van der Waals surface area contributed by atoms with Gasteiger partial charge in [0.25, 0.3) is 0 Å². The summed E-state index contributed by atoms with van der Waals surface area (Å²) in [5.74, 6) is 0.240. The number of para-hydroxylation sites is 1. The smallest absolute Gasteiger partial charge is 0.228 e. The standard InChI is InChI=1S/C16H20N2O/c1-16(2,3)15(19)17-8-9-18-13(11-17)10-12-6-4-5-7-14(12)18/h4-7,10H,8-9,11H2,1-3H3. The Balaban J connectivity index is 1.95. The average Bonchev–Trinajstić information content (AvgIpc) is 2.74. The molecule has 1 aliphatic rings. The molecule has 1 aromatic carbocycles. The molecule has 2 heterocycles. The van der Waals surface area contributed by atoms with Crippen molar-refractivity contribution in [3.63, 3.8) is 0 Å². The van der Waals surface area contributed by atoms with Crippen LogP contribution >= 0.6 is 0 Å². The van der Waals surface area contributed by atoms with E-state index < -0.39 is 0 Å². The number of carbonyl (C=O) groups is 1. The number of amides is 1. The van der Waals surface area contributed by atoms with Gasteiger partial charge >= 0.3 is 0 Å². The van der Waals surface area contributed by atoms with Crippen molar-refractivity contribution in [2.24, 2.45) is 5.41 Å². The van der Waals surface area contributed by atoms with E-state index in [1.807, 2.05) is 25.7 Å². The lowest BCUT2D eigenvalue weighted by Crippen LogP contribution is -2.43. The van der Waals surface area contributed by atoms with Gasteiger partial charge in [0.1, 0.15) is 0 Å². The van der Waals surface area contributed by atoms with Crippen LogP contribution in [0, 0.1) is 5.41 Å². The van der Waals surface area contributed by atoms with Gasteiger partial charge in [-0.1, -0.05) is 39.0 Å². The van der Waals surface area contributed by atoms with Crippen LogP contribution in [-0.2, 0) is 17.9 Å². The Morgan fingerprint density at radius 1 is 1.16 bits per heavy atom.